The van der Waals surface area contributed by atoms with Crippen LogP contribution >= 0.6 is 0 Å². The van der Waals surface area contributed by atoms with Gasteiger partial charge in [-0.3, -0.25) is 0 Å². The Bertz CT molecular complexity index is 778. The SMILES string of the molecule is CC(CC(Cc1ccc(-c2ccccc2)cc1)NC(=O)OC(C)(C)C)C(=O)[O-]. The average Bonchev–Trinajstić information content (AvgIpc) is 2.61. The van der Waals surface area contributed by atoms with E-state index in [4.69, 9.17) is 4.74 Å². The molecule has 2 rings (SSSR count). The third-order valence-electron chi connectivity index (χ3n) is 4.30. The van der Waals surface area contributed by atoms with Crippen LogP contribution in [-0.4, -0.2) is 23.7 Å². The predicted octanol–water partition coefficient (Wildman–Crippen LogP) is 3.57. The molecule has 2 aromatic rings. The minimum Gasteiger partial charge on any atom is -0.550 e. The topological polar surface area (TPSA) is 78.5 Å². The average molecular weight is 382 g/mol. The Balaban J connectivity index is 2.10. The zero-order valence-corrected chi connectivity index (χ0v) is 16.9. The number of ether oxygens (including phenoxy) is 1. The smallest absolute Gasteiger partial charge is 0.407 e. The first kappa shape index (κ1) is 21.5. The van der Waals surface area contributed by atoms with Crippen LogP contribution in [0.4, 0.5) is 4.79 Å². The number of amides is 1. The van der Waals surface area contributed by atoms with Crippen LogP contribution in [0.1, 0.15) is 39.7 Å². The van der Waals surface area contributed by atoms with Crippen molar-refractivity contribution in [3.8, 4) is 11.1 Å². The van der Waals surface area contributed by atoms with Gasteiger partial charge in [0.15, 0.2) is 0 Å². The number of rotatable bonds is 7. The van der Waals surface area contributed by atoms with Gasteiger partial charge in [0.25, 0.3) is 0 Å². The van der Waals surface area contributed by atoms with E-state index in [2.05, 4.69) is 5.32 Å². The highest BCUT2D eigenvalue weighted by Crippen LogP contribution is 2.20. The highest BCUT2D eigenvalue weighted by Gasteiger charge is 2.21. The molecule has 1 amide bonds. The van der Waals surface area contributed by atoms with Gasteiger partial charge in [-0.15, -0.1) is 0 Å². The summed E-state index contributed by atoms with van der Waals surface area (Å²) >= 11 is 0. The zero-order valence-electron chi connectivity index (χ0n) is 16.9. The molecule has 0 spiro atoms. The third-order valence-corrected chi connectivity index (χ3v) is 4.30. The summed E-state index contributed by atoms with van der Waals surface area (Å²) < 4.78 is 5.31. The molecule has 0 saturated heterocycles. The summed E-state index contributed by atoms with van der Waals surface area (Å²) in [5.41, 5.74) is 2.62. The van der Waals surface area contributed by atoms with Crippen molar-refractivity contribution in [1.29, 1.82) is 0 Å². The second-order valence-corrected chi connectivity index (χ2v) is 8.07. The molecule has 0 radical (unpaired) electrons. The van der Waals surface area contributed by atoms with Crippen LogP contribution < -0.4 is 10.4 Å². The maximum Gasteiger partial charge on any atom is 0.407 e. The van der Waals surface area contributed by atoms with Crippen molar-refractivity contribution in [2.24, 2.45) is 5.92 Å². The van der Waals surface area contributed by atoms with Gasteiger partial charge in [0.1, 0.15) is 5.60 Å². The molecule has 0 aliphatic heterocycles. The Morgan fingerprint density at radius 1 is 1.00 bits per heavy atom. The number of hydrogen-bond donors (Lipinski definition) is 1. The van der Waals surface area contributed by atoms with Crippen LogP contribution in [0.5, 0.6) is 0 Å². The van der Waals surface area contributed by atoms with Crippen molar-refractivity contribution in [3.63, 3.8) is 0 Å². The fraction of sp³-hybridized carbons (Fsp3) is 0.391. The highest BCUT2D eigenvalue weighted by molar-refractivity contribution is 5.69. The fourth-order valence-electron chi connectivity index (χ4n) is 2.94. The van der Waals surface area contributed by atoms with Gasteiger partial charge in [0.2, 0.25) is 0 Å². The molecule has 0 aliphatic rings. The van der Waals surface area contributed by atoms with Gasteiger partial charge in [0.05, 0.1) is 0 Å². The lowest BCUT2D eigenvalue weighted by Crippen LogP contribution is -2.43. The zero-order chi connectivity index (χ0) is 20.7. The second-order valence-electron chi connectivity index (χ2n) is 8.07. The van der Waals surface area contributed by atoms with Gasteiger partial charge in [-0.25, -0.2) is 4.79 Å². The van der Waals surface area contributed by atoms with E-state index < -0.39 is 23.6 Å². The van der Waals surface area contributed by atoms with Gasteiger partial charge in [-0.05, 0) is 56.2 Å². The molecule has 0 heterocycles. The van der Waals surface area contributed by atoms with E-state index in [-0.39, 0.29) is 12.5 Å². The molecule has 0 bridgehead atoms. The van der Waals surface area contributed by atoms with E-state index >= 15 is 0 Å². The van der Waals surface area contributed by atoms with Crippen molar-refractivity contribution in [1.82, 2.24) is 5.32 Å². The summed E-state index contributed by atoms with van der Waals surface area (Å²) in [5, 5.41) is 14.0. The Morgan fingerprint density at radius 3 is 2.11 bits per heavy atom. The lowest BCUT2D eigenvalue weighted by atomic mass is 9.95. The predicted molar refractivity (Wildman–Crippen MR) is 108 cm³/mol. The minimum atomic E-state index is -1.13. The van der Waals surface area contributed by atoms with Crippen molar-refractivity contribution in [2.75, 3.05) is 0 Å². The summed E-state index contributed by atoms with van der Waals surface area (Å²) in [7, 11) is 0. The Kier molecular flexibility index (Phi) is 7.21. The lowest BCUT2D eigenvalue weighted by molar-refractivity contribution is -0.311. The Morgan fingerprint density at radius 2 is 1.57 bits per heavy atom. The molecule has 2 aromatic carbocycles. The van der Waals surface area contributed by atoms with Gasteiger partial charge in [0, 0.05) is 12.0 Å². The second kappa shape index (κ2) is 9.40. The number of aliphatic carboxylic acids is 1. The molecular formula is C23H28NO4-. The molecule has 1 N–H and O–H groups in total. The van der Waals surface area contributed by atoms with E-state index in [1.54, 1.807) is 27.7 Å². The third kappa shape index (κ3) is 7.06. The number of carbonyl (C=O) groups excluding carboxylic acids is 2. The van der Waals surface area contributed by atoms with E-state index in [0.717, 1.165) is 16.7 Å². The summed E-state index contributed by atoms with van der Waals surface area (Å²) in [5.74, 6) is -1.81. The van der Waals surface area contributed by atoms with E-state index in [0.29, 0.717) is 6.42 Å². The molecule has 0 fully saturated rings. The standard InChI is InChI=1S/C23H29NO4/c1-16(21(25)26)14-20(24-22(27)28-23(2,3)4)15-17-10-12-19(13-11-17)18-8-6-5-7-9-18/h5-13,16,20H,14-15H2,1-4H3,(H,24,27)(H,25,26)/p-1. The van der Waals surface area contributed by atoms with Crippen molar-refractivity contribution >= 4 is 12.1 Å². The molecule has 28 heavy (non-hydrogen) atoms. The molecule has 2 atom stereocenters. The molecule has 0 saturated carbocycles. The Labute approximate surface area is 166 Å². The highest BCUT2D eigenvalue weighted by atomic mass is 16.6. The van der Waals surface area contributed by atoms with Crippen LogP contribution in [0.15, 0.2) is 54.6 Å². The first-order valence-electron chi connectivity index (χ1n) is 9.49. The number of carbonyl (C=O) groups is 2. The number of carboxylic acid groups (broad SMARTS) is 1. The molecule has 0 aliphatic carbocycles. The monoisotopic (exact) mass is 382 g/mol. The van der Waals surface area contributed by atoms with Crippen molar-refractivity contribution in [3.05, 3.63) is 60.2 Å². The Hall–Kier alpha value is -2.82. The first-order chi connectivity index (χ1) is 13.1. The first-order valence-corrected chi connectivity index (χ1v) is 9.49. The lowest BCUT2D eigenvalue weighted by Gasteiger charge is -2.26. The number of alkyl carbamates (subject to hydrolysis) is 1. The normalized spacial score (nSPS) is 13.4. The van der Waals surface area contributed by atoms with Crippen LogP contribution in [0.3, 0.4) is 0 Å². The summed E-state index contributed by atoms with van der Waals surface area (Å²) in [6, 6.07) is 17.7. The molecule has 5 nitrogen and oxygen atoms in total. The molecule has 150 valence electrons. The van der Waals surface area contributed by atoms with Gasteiger partial charge in [-0.1, -0.05) is 61.5 Å². The van der Waals surface area contributed by atoms with Gasteiger partial charge >= 0.3 is 6.09 Å². The summed E-state index contributed by atoms with van der Waals surface area (Å²) in [6.45, 7) is 6.94. The van der Waals surface area contributed by atoms with Gasteiger partial charge in [-0.2, -0.15) is 0 Å². The van der Waals surface area contributed by atoms with Crippen LogP contribution in [0, 0.1) is 5.92 Å². The largest absolute Gasteiger partial charge is 0.550 e. The number of hydrogen-bond acceptors (Lipinski definition) is 4. The van der Waals surface area contributed by atoms with Crippen LogP contribution in [0.25, 0.3) is 11.1 Å². The number of nitrogens with one attached hydrogen (secondary N) is 1. The summed E-state index contributed by atoms with van der Waals surface area (Å²) in [6.07, 6.45) is 0.220. The molecule has 5 heteroatoms. The van der Waals surface area contributed by atoms with E-state index in [1.807, 2.05) is 54.6 Å². The van der Waals surface area contributed by atoms with E-state index in [9.17, 15) is 14.7 Å². The van der Waals surface area contributed by atoms with E-state index in [1.165, 1.54) is 0 Å². The maximum atomic E-state index is 12.2. The number of carboxylic acids is 1. The van der Waals surface area contributed by atoms with Crippen molar-refractivity contribution in [2.45, 2.75) is 52.2 Å². The van der Waals surface area contributed by atoms with Gasteiger partial charge < -0.3 is 20.0 Å². The molecule has 2 unspecified atom stereocenters. The summed E-state index contributed by atoms with van der Waals surface area (Å²) in [4.78, 5) is 23.3. The van der Waals surface area contributed by atoms with Crippen molar-refractivity contribution < 1.29 is 19.4 Å². The fourth-order valence-corrected chi connectivity index (χ4v) is 2.94. The van der Waals surface area contributed by atoms with Crippen LogP contribution in [0.2, 0.25) is 0 Å². The molecule has 0 aromatic heterocycles. The molecular weight excluding hydrogens is 354 g/mol. The minimum absolute atomic E-state index is 0.266. The number of benzene rings is 2. The maximum absolute atomic E-state index is 12.2. The van der Waals surface area contributed by atoms with Crippen LogP contribution in [-0.2, 0) is 16.0 Å². The quantitative estimate of drug-likeness (QED) is 0.794.